The van der Waals surface area contributed by atoms with E-state index in [0.29, 0.717) is 17.1 Å². The monoisotopic (exact) mass is 381 g/mol. The summed E-state index contributed by atoms with van der Waals surface area (Å²) in [7, 11) is 1.57. The van der Waals surface area contributed by atoms with Crippen molar-refractivity contribution in [3.05, 3.63) is 71.0 Å². The molecule has 0 aliphatic heterocycles. The average Bonchev–Trinajstić information content (AvgIpc) is 2.69. The second kappa shape index (κ2) is 8.55. The maximum absolute atomic E-state index is 12.4. The summed E-state index contributed by atoms with van der Waals surface area (Å²) in [6, 6.07) is 17.9. The van der Waals surface area contributed by atoms with Crippen molar-refractivity contribution in [1.82, 2.24) is 9.78 Å². The highest BCUT2D eigenvalue weighted by molar-refractivity contribution is 7.98. The Bertz CT molecular complexity index is 1020. The van der Waals surface area contributed by atoms with Crippen LogP contribution in [0.5, 0.6) is 5.75 Å². The standard InChI is InChI=1S/C20H19N3O3S/c1-26-18-9-4-3-8-16(18)17-10-11-20(25)23(22-17)13-19(24)21-14-6-5-7-15(12-14)27-2/h3-12H,13H2,1-2H3,(H,21,24). The zero-order valence-electron chi connectivity index (χ0n) is 15.0. The zero-order valence-corrected chi connectivity index (χ0v) is 15.8. The minimum atomic E-state index is -0.346. The zero-order chi connectivity index (χ0) is 19.2. The third kappa shape index (κ3) is 4.57. The van der Waals surface area contributed by atoms with Crippen LogP contribution in [0, 0.1) is 0 Å². The number of para-hydroxylation sites is 1. The fourth-order valence-corrected chi connectivity index (χ4v) is 3.06. The molecule has 2 aromatic carbocycles. The van der Waals surface area contributed by atoms with Gasteiger partial charge in [0.2, 0.25) is 5.91 Å². The van der Waals surface area contributed by atoms with Crippen molar-refractivity contribution in [3.63, 3.8) is 0 Å². The van der Waals surface area contributed by atoms with Crippen molar-refractivity contribution in [1.29, 1.82) is 0 Å². The number of carbonyl (C=O) groups excluding carboxylic acids is 1. The summed E-state index contributed by atoms with van der Waals surface area (Å²) < 4.78 is 6.49. The molecule has 0 saturated carbocycles. The molecule has 0 aliphatic carbocycles. The lowest BCUT2D eigenvalue weighted by molar-refractivity contribution is -0.117. The lowest BCUT2D eigenvalue weighted by Gasteiger charge is -2.10. The molecule has 0 fully saturated rings. The number of carbonyl (C=O) groups is 1. The number of nitrogens with zero attached hydrogens (tertiary/aromatic N) is 2. The molecule has 1 amide bonds. The largest absolute Gasteiger partial charge is 0.496 e. The van der Waals surface area contributed by atoms with E-state index in [-0.39, 0.29) is 18.0 Å². The number of methoxy groups -OCH3 is 1. The summed E-state index contributed by atoms with van der Waals surface area (Å²) in [5.41, 5.74) is 1.65. The highest BCUT2D eigenvalue weighted by atomic mass is 32.2. The Labute approximate surface area is 161 Å². The molecule has 0 unspecified atom stereocenters. The first-order chi connectivity index (χ1) is 13.1. The van der Waals surface area contributed by atoms with Gasteiger partial charge in [-0.05, 0) is 42.7 Å². The highest BCUT2D eigenvalue weighted by Crippen LogP contribution is 2.27. The van der Waals surface area contributed by atoms with Gasteiger partial charge in [0, 0.05) is 22.2 Å². The summed E-state index contributed by atoms with van der Waals surface area (Å²) >= 11 is 1.59. The van der Waals surface area contributed by atoms with Crippen molar-refractivity contribution in [2.75, 3.05) is 18.7 Å². The predicted octanol–water partition coefficient (Wildman–Crippen LogP) is 3.28. The quantitative estimate of drug-likeness (QED) is 0.664. The molecule has 0 saturated heterocycles. The number of benzene rings is 2. The fraction of sp³-hybridized carbons (Fsp3) is 0.150. The number of ether oxygens (including phenoxy) is 1. The number of anilines is 1. The van der Waals surface area contributed by atoms with Crippen molar-refractivity contribution in [2.24, 2.45) is 0 Å². The normalized spacial score (nSPS) is 10.4. The van der Waals surface area contributed by atoms with Gasteiger partial charge in [-0.3, -0.25) is 9.59 Å². The van der Waals surface area contributed by atoms with Gasteiger partial charge in [-0.25, -0.2) is 4.68 Å². The van der Waals surface area contributed by atoms with Gasteiger partial charge in [0.05, 0.1) is 12.8 Å². The Morgan fingerprint density at radius 3 is 2.74 bits per heavy atom. The van der Waals surface area contributed by atoms with Gasteiger partial charge < -0.3 is 10.1 Å². The molecule has 27 heavy (non-hydrogen) atoms. The molecule has 0 aliphatic rings. The van der Waals surface area contributed by atoms with Gasteiger partial charge in [-0.15, -0.1) is 11.8 Å². The second-order valence-electron chi connectivity index (χ2n) is 5.69. The minimum Gasteiger partial charge on any atom is -0.496 e. The van der Waals surface area contributed by atoms with Gasteiger partial charge in [0.25, 0.3) is 5.56 Å². The highest BCUT2D eigenvalue weighted by Gasteiger charge is 2.11. The Kier molecular flexibility index (Phi) is 5.93. The van der Waals surface area contributed by atoms with Crippen molar-refractivity contribution < 1.29 is 9.53 Å². The molecule has 0 radical (unpaired) electrons. The number of hydrogen-bond acceptors (Lipinski definition) is 5. The molecule has 3 rings (SSSR count). The number of thioether (sulfide) groups is 1. The van der Waals surface area contributed by atoms with Crippen molar-refractivity contribution >= 4 is 23.4 Å². The van der Waals surface area contributed by atoms with E-state index in [1.165, 1.54) is 6.07 Å². The third-order valence-corrected chi connectivity index (χ3v) is 4.62. The molecule has 0 atom stereocenters. The summed E-state index contributed by atoms with van der Waals surface area (Å²) in [6.07, 6.45) is 1.97. The summed E-state index contributed by atoms with van der Waals surface area (Å²) in [6.45, 7) is -0.175. The Hall–Kier alpha value is -3.06. The molecule has 0 bridgehead atoms. The summed E-state index contributed by atoms with van der Waals surface area (Å²) in [5, 5.41) is 7.12. The van der Waals surface area contributed by atoms with E-state index in [9.17, 15) is 9.59 Å². The molecular weight excluding hydrogens is 362 g/mol. The Morgan fingerprint density at radius 2 is 1.96 bits per heavy atom. The van der Waals surface area contributed by atoms with Crippen LogP contribution < -0.4 is 15.6 Å². The molecule has 1 N–H and O–H groups in total. The van der Waals surface area contributed by atoms with Gasteiger partial charge in [0.15, 0.2) is 0 Å². The van der Waals surface area contributed by atoms with Gasteiger partial charge in [-0.2, -0.15) is 5.10 Å². The topological polar surface area (TPSA) is 73.2 Å². The number of rotatable bonds is 6. The molecular formula is C20H19N3O3S. The van der Waals surface area contributed by atoms with Gasteiger partial charge >= 0.3 is 0 Å². The first-order valence-electron chi connectivity index (χ1n) is 8.26. The first kappa shape index (κ1) is 18.7. The molecule has 138 valence electrons. The lowest BCUT2D eigenvalue weighted by Crippen LogP contribution is -2.29. The maximum Gasteiger partial charge on any atom is 0.267 e. The number of nitrogens with one attached hydrogen (secondary N) is 1. The molecule has 1 aromatic heterocycles. The van der Waals surface area contributed by atoms with Crippen LogP contribution in [0.15, 0.2) is 70.4 Å². The Morgan fingerprint density at radius 1 is 1.15 bits per heavy atom. The minimum absolute atomic E-state index is 0.175. The second-order valence-corrected chi connectivity index (χ2v) is 6.57. The van der Waals surface area contributed by atoms with Gasteiger partial charge in [-0.1, -0.05) is 18.2 Å². The van der Waals surface area contributed by atoms with E-state index in [4.69, 9.17) is 4.74 Å². The smallest absolute Gasteiger partial charge is 0.267 e. The van der Waals surface area contributed by atoms with Crippen LogP contribution in [0.2, 0.25) is 0 Å². The van der Waals surface area contributed by atoms with Crippen LogP contribution in [0.4, 0.5) is 5.69 Å². The average molecular weight is 381 g/mol. The Balaban J connectivity index is 1.82. The van der Waals surface area contributed by atoms with Crippen LogP contribution in [-0.4, -0.2) is 29.1 Å². The van der Waals surface area contributed by atoms with Crippen LogP contribution in [0.1, 0.15) is 0 Å². The first-order valence-corrected chi connectivity index (χ1v) is 9.48. The van der Waals surface area contributed by atoms with Crippen LogP contribution >= 0.6 is 11.8 Å². The molecule has 6 nitrogen and oxygen atoms in total. The van der Waals surface area contributed by atoms with E-state index < -0.39 is 0 Å². The predicted molar refractivity (Wildman–Crippen MR) is 107 cm³/mol. The van der Waals surface area contributed by atoms with E-state index in [2.05, 4.69) is 10.4 Å². The summed E-state index contributed by atoms with van der Waals surface area (Å²) in [5.74, 6) is 0.327. The lowest BCUT2D eigenvalue weighted by atomic mass is 10.1. The van der Waals surface area contributed by atoms with E-state index >= 15 is 0 Å². The molecule has 1 heterocycles. The number of aromatic nitrogens is 2. The van der Waals surface area contributed by atoms with Crippen molar-refractivity contribution in [2.45, 2.75) is 11.4 Å². The number of hydrogen-bond donors (Lipinski definition) is 1. The summed E-state index contributed by atoms with van der Waals surface area (Å²) in [4.78, 5) is 25.5. The van der Waals surface area contributed by atoms with E-state index in [1.807, 2.05) is 48.7 Å². The third-order valence-electron chi connectivity index (χ3n) is 3.90. The van der Waals surface area contributed by atoms with E-state index in [1.54, 1.807) is 31.0 Å². The van der Waals surface area contributed by atoms with Gasteiger partial charge in [0.1, 0.15) is 12.3 Å². The maximum atomic E-state index is 12.4. The molecule has 3 aromatic rings. The van der Waals surface area contributed by atoms with Crippen molar-refractivity contribution in [3.8, 4) is 17.0 Å². The number of amides is 1. The fourth-order valence-electron chi connectivity index (χ4n) is 2.60. The van der Waals surface area contributed by atoms with Crippen LogP contribution in [-0.2, 0) is 11.3 Å². The molecule has 0 spiro atoms. The van der Waals surface area contributed by atoms with E-state index in [0.717, 1.165) is 15.1 Å². The van der Waals surface area contributed by atoms with Crippen LogP contribution in [0.25, 0.3) is 11.3 Å². The van der Waals surface area contributed by atoms with Crippen LogP contribution in [0.3, 0.4) is 0 Å². The molecule has 7 heteroatoms. The SMILES string of the molecule is COc1ccccc1-c1ccc(=O)n(CC(=O)Nc2cccc(SC)c2)n1.